The maximum absolute atomic E-state index is 11.8. The molecule has 1 aliphatic heterocycles. The quantitative estimate of drug-likeness (QED) is 0.743. The first-order valence-electron chi connectivity index (χ1n) is 5.45. The zero-order valence-corrected chi connectivity index (χ0v) is 10.2. The Hall–Kier alpha value is -1.26. The number of carbonyl (C=O) groups excluding carboxylic acids is 1. The van der Waals surface area contributed by atoms with Crippen molar-refractivity contribution < 1.29 is 19.4 Å². The minimum absolute atomic E-state index is 0.299. The monoisotopic (exact) mass is 229 g/mol. The van der Waals surface area contributed by atoms with Gasteiger partial charge in [0.25, 0.3) is 0 Å². The van der Waals surface area contributed by atoms with Crippen LogP contribution in [0.5, 0.6) is 0 Å². The van der Waals surface area contributed by atoms with E-state index in [1.807, 2.05) is 0 Å². The van der Waals surface area contributed by atoms with Crippen LogP contribution in [0.25, 0.3) is 0 Å². The lowest BCUT2D eigenvalue weighted by Crippen LogP contribution is -2.41. The van der Waals surface area contributed by atoms with Gasteiger partial charge in [-0.25, -0.2) is 4.79 Å². The van der Waals surface area contributed by atoms with Crippen molar-refractivity contribution in [3.63, 3.8) is 0 Å². The molecule has 1 heterocycles. The maximum atomic E-state index is 11.8. The molecule has 0 bridgehead atoms. The number of aliphatic carboxylic acids is 1. The van der Waals surface area contributed by atoms with Crippen LogP contribution in [0.3, 0.4) is 0 Å². The first-order valence-corrected chi connectivity index (χ1v) is 5.45. The van der Waals surface area contributed by atoms with Gasteiger partial charge < -0.3 is 14.7 Å². The molecule has 1 amide bonds. The fraction of sp³-hybridized carbons (Fsp3) is 0.818. The van der Waals surface area contributed by atoms with E-state index in [9.17, 15) is 9.59 Å². The smallest absolute Gasteiger partial charge is 0.410 e. The maximum Gasteiger partial charge on any atom is 0.410 e. The Morgan fingerprint density at radius 1 is 1.38 bits per heavy atom. The number of carboxylic acid groups (broad SMARTS) is 1. The number of likely N-dealkylation sites (tertiary alicyclic amines) is 1. The zero-order valence-electron chi connectivity index (χ0n) is 10.2. The number of hydrogen-bond donors (Lipinski definition) is 1. The average molecular weight is 229 g/mol. The average Bonchev–Trinajstić information content (AvgIpc) is 2.43. The molecule has 0 saturated carbocycles. The molecule has 1 N–H and O–H groups in total. The Labute approximate surface area is 95.4 Å². The molecule has 1 rings (SSSR count). The van der Waals surface area contributed by atoms with Crippen molar-refractivity contribution in [3.8, 4) is 0 Å². The summed E-state index contributed by atoms with van der Waals surface area (Å²) in [4.78, 5) is 24.1. The van der Waals surface area contributed by atoms with E-state index in [0.717, 1.165) is 0 Å². The second kappa shape index (κ2) is 4.31. The Morgan fingerprint density at radius 2 is 1.94 bits per heavy atom. The molecule has 0 radical (unpaired) electrons. The van der Waals surface area contributed by atoms with Gasteiger partial charge in [0, 0.05) is 12.6 Å². The predicted octanol–water partition coefficient (Wildman–Crippen LogP) is 1.72. The molecule has 16 heavy (non-hydrogen) atoms. The molecule has 0 aromatic rings. The lowest BCUT2D eigenvalue weighted by Gasteiger charge is -2.27. The number of nitrogens with zero attached hydrogens (tertiary/aromatic N) is 1. The molecule has 1 aliphatic rings. The third kappa shape index (κ3) is 2.87. The second-order valence-electron chi connectivity index (χ2n) is 5.15. The van der Waals surface area contributed by atoms with Crippen LogP contribution in [0, 0.1) is 5.92 Å². The summed E-state index contributed by atoms with van der Waals surface area (Å²) in [6.45, 7) is 7.57. The first kappa shape index (κ1) is 12.8. The van der Waals surface area contributed by atoms with Crippen molar-refractivity contribution in [1.82, 2.24) is 4.90 Å². The third-order valence-corrected chi connectivity index (χ3v) is 2.70. The van der Waals surface area contributed by atoms with Gasteiger partial charge in [0.05, 0.1) is 5.92 Å². The van der Waals surface area contributed by atoms with Crippen molar-refractivity contribution in [1.29, 1.82) is 0 Å². The highest BCUT2D eigenvalue weighted by atomic mass is 16.6. The Balaban J connectivity index is 2.63. The van der Waals surface area contributed by atoms with Crippen LogP contribution >= 0.6 is 0 Å². The summed E-state index contributed by atoms with van der Waals surface area (Å²) < 4.78 is 5.21. The second-order valence-corrected chi connectivity index (χ2v) is 5.15. The number of hydrogen-bond acceptors (Lipinski definition) is 3. The number of amides is 1. The lowest BCUT2D eigenvalue weighted by atomic mass is 10.0. The van der Waals surface area contributed by atoms with E-state index >= 15 is 0 Å². The van der Waals surface area contributed by atoms with E-state index in [-0.39, 0.29) is 6.04 Å². The largest absolute Gasteiger partial charge is 0.481 e. The molecule has 0 spiro atoms. The van der Waals surface area contributed by atoms with Gasteiger partial charge in [-0.05, 0) is 34.1 Å². The van der Waals surface area contributed by atoms with Gasteiger partial charge in [0.1, 0.15) is 5.60 Å². The van der Waals surface area contributed by atoms with Gasteiger partial charge in [-0.3, -0.25) is 4.79 Å². The van der Waals surface area contributed by atoms with Crippen LogP contribution in [-0.2, 0) is 9.53 Å². The molecular formula is C11H19NO4. The van der Waals surface area contributed by atoms with Crippen LogP contribution < -0.4 is 0 Å². The molecule has 5 nitrogen and oxygen atoms in total. The van der Waals surface area contributed by atoms with Gasteiger partial charge >= 0.3 is 12.1 Å². The van der Waals surface area contributed by atoms with Crippen molar-refractivity contribution in [2.75, 3.05) is 6.54 Å². The van der Waals surface area contributed by atoms with Crippen molar-refractivity contribution >= 4 is 12.1 Å². The van der Waals surface area contributed by atoms with Crippen LogP contribution in [0.2, 0.25) is 0 Å². The van der Waals surface area contributed by atoms with E-state index in [1.54, 1.807) is 27.7 Å². The van der Waals surface area contributed by atoms with Crippen LogP contribution in [-0.4, -0.2) is 40.3 Å². The van der Waals surface area contributed by atoms with Crippen molar-refractivity contribution in [3.05, 3.63) is 0 Å². The fourth-order valence-corrected chi connectivity index (χ4v) is 1.85. The number of carbonyl (C=O) groups is 2. The Kier molecular flexibility index (Phi) is 3.45. The van der Waals surface area contributed by atoms with Gasteiger partial charge in [-0.1, -0.05) is 0 Å². The molecule has 2 atom stereocenters. The van der Waals surface area contributed by atoms with Gasteiger partial charge in [0.2, 0.25) is 0 Å². The van der Waals surface area contributed by atoms with Crippen LogP contribution in [0.4, 0.5) is 4.79 Å². The highest BCUT2D eigenvalue weighted by Crippen LogP contribution is 2.26. The van der Waals surface area contributed by atoms with E-state index < -0.39 is 23.6 Å². The Morgan fingerprint density at radius 3 is 2.31 bits per heavy atom. The van der Waals surface area contributed by atoms with Crippen molar-refractivity contribution in [2.45, 2.75) is 45.8 Å². The molecule has 0 unspecified atom stereocenters. The molecule has 0 aromatic carbocycles. The zero-order chi connectivity index (χ0) is 12.5. The van der Waals surface area contributed by atoms with E-state index in [2.05, 4.69) is 0 Å². The summed E-state index contributed by atoms with van der Waals surface area (Å²) in [5.74, 6) is -1.33. The normalized spacial score (nSPS) is 25.6. The standard InChI is InChI=1S/C11H19NO4/c1-7-8(9(13)14)5-6-12(7)10(15)16-11(2,3)4/h7-8H,5-6H2,1-4H3,(H,13,14)/t7-,8-/m0/s1. The van der Waals surface area contributed by atoms with Crippen LogP contribution in [0.15, 0.2) is 0 Å². The molecule has 1 fully saturated rings. The minimum Gasteiger partial charge on any atom is -0.481 e. The molecule has 0 aromatic heterocycles. The molecular weight excluding hydrogens is 210 g/mol. The van der Waals surface area contributed by atoms with Gasteiger partial charge in [-0.15, -0.1) is 0 Å². The number of carboxylic acids is 1. The SMILES string of the molecule is C[C@H]1[C@@H](C(=O)O)CCN1C(=O)OC(C)(C)C. The summed E-state index contributed by atoms with van der Waals surface area (Å²) in [5.41, 5.74) is -0.544. The van der Waals surface area contributed by atoms with E-state index in [0.29, 0.717) is 13.0 Å². The summed E-state index contributed by atoms with van der Waals surface area (Å²) in [6.07, 6.45) is 0.0687. The topological polar surface area (TPSA) is 66.8 Å². The molecule has 92 valence electrons. The predicted molar refractivity (Wildman–Crippen MR) is 58.1 cm³/mol. The van der Waals surface area contributed by atoms with Gasteiger partial charge in [0.15, 0.2) is 0 Å². The highest BCUT2D eigenvalue weighted by molar-refractivity contribution is 5.75. The summed E-state index contributed by atoms with van der Waals surface area (Å²) in [7, 11) is 0. The third-order valence-electron chi connectivity index (χ3n) is 2.70. The molecule has 0 aliphatic carbocycles. The number of rotatable bonds is 1. The Bertz CT molecular complexity index is 295. The minimum atomic E-state index is -0.849. The van der Waals surface area contributed by atoms with Crippen LogP contribution in [0.1, 0.15) is 34.1 Å². The lowest BCUT2D eigenvalue weighted by molar-refractivity contribution is -0.142. The molecule has 5 heteroatoms. The van der Waals surface area contributed by atoms with E-state index in [4.69, 9.17) is 9.84 Å². The van der Waals surface area contributed by atoms with E-state index in [1.165, 1.54) is 4.90 Å². The number of ether oxygens (including phenoxy) is 1. The fourth-order valence-electron chi connectivity index (χ4n) is 1.85. The highest BCUT2D eigenvalue weighted by Gasteiger charge is 2.39. The van der Waals surface area contributed by atoms with Crippen molar-refractivity contribution in [2.24, 2.45) is 5.92 Å². The first-order chi connectivity index (χ1) is 7.22. The summed E-state index contributed by atoms with van der Waals surface area (Å²) >= 11 is 0. The van der Waals surface area contributed by atoms with Gasteiger partial charge in [-0.2, -0.15) is 0 Å². The summed E-state index contributed by atoms with van der Waals surface area (Å²) in [6, 6.07) is -0.299. The molecule has 1 saturated heterocycles. The summed E-state index contributed by atoms with van der Waals surface area (Å²) in [5, 5.41) is 8.94.